The van der Waals surface area contributed by atoms with Gasteiger partial charge in [-0.2, -0.15) is 0 Å². The number of aromatic amines is 1. The van der Waals surface area contributed by atoms with Crippen molar-refractivity contribution < 1.29 is 23.1 Å². The summed E-state index contributed by atoms with van der Waals surface area (Å²) in [6, 6.07) is 17.3. The summed E-state index contributed by atoms with van der Waals surface area (Å²) in [6.45, 7) is -0.690. The Morgan fingerprint density at radius 1 is 1.14 bits per heavy atom. The summed E-state index contributed by atoms with van der Waals surface area (Å²) in [4.78, 5) is 15.6. The van der Waals surface area contributed by atoms with Crippen LogP contribution in [0.2, 0.25) is 5.02 Å². The fraction of sp³-hybridized carbons (Fsp3) is 0.0870. The van der Waals surface area contributed by atoms with Gasteiger partial charge in [0.15, 0.2) is 5.69 Å². The highest BCUT2D eigenvalue weighted by Gasteiger charge is 2.29. The molecule has 0 aliphatic carbocycles. The quantitative estimate of drug-likeness (QED) is 0.269. The third-order valence-corrected chi connectivity index (χ3v) is 7.50. The number of methoxy groups -OCH3 is 1. The molecule has 4 aromatic rings. The molecule has 4 rings (SSSR count). The number of sulfonamides is 1. The molecule has 0 atom stereocenters. The van der Waals surface area contributed by atoms with Gasteiger partial charge in [-0.25, -0.2) is 8.42 Å². The fourth-order valence-electron chi connectivity index (χ4n) is 3.37. The first-order chi connectivity index (χ1) is 16.7. The lowest BCUT2D eigenvalue weighted by Gasteiger charge is -2.24. The molecule has 1 aromatic heterocycles. The van der Waals surface area contributed by atoms with E-state index in [1.165, 1.54) is 37.4 Å². The number of carbonyl (C=O) groups excluding carboxylic acids is 1. The molecule has 0 aliphatic heterocycles. The second-order valence-electron chi connectivity index (χ2n) is 7.25. The first-order valence-electron chi connectivity index (χ1n) is 10.1. The zero-order valence-corrected chi connectivity index (χ0v) is 21.3. The Labute approximate surface area is 214 Å². The normalized spacial score (nSPS) is 11.7. The molecule has 0 spiro atoms. The van der Waals surface area contributed by atoms with E-state index in [0.717, 1.165) is 8.78 Å². The van der Waals surface area contributed by atoms with Gasteiger partial charge in [0, 0.05) is 14.9 Å². The Morgan fingerprint density at radius 3 is 2.60 bits per heavy atom. The van der Waals surface area contributed by atoms with Crippen molar-refractivity contribution in [3.63, 3.8) is 0 Å². The summed E-state index contributed by atoms with van der Waals surface area (Å²) < 4.78 is 33.9. The summed E-state index contributed by atoms with van der Waals surface area (Å²) in [6.07, 6.45) is 0. The van der Waals surface area contributed by atoms with Crippen LogP contribution in [0.4, 0.5) is 11.4 Å². The Morgan fingerprint density at radius 2 is 1.89 bits per heavy atom. The molecule has 0 bridgehead atoms. The number of ether oxygens (including phenoxy) is 1. The van der Waals surface area contributed by atoms with Crippen molar-refractivity contribution in [1.82, 2.24) is 4.98 Å². The molecule has 0 saturated carbocycles. The van der Waals surface area contributed by atoms with Gasteiger partial charge < -0.3 is 14.8 Å². The number of benzene rings is 3. The van der Waals surface area contributed by atoms with Gasteiger partial charge in [0.25, 0.3) is 15.9 Å². The summed E-state index contributed by atoms with van der Waals surface area (Å²) in [5, 5.41) is 18.5. The highest BCUT2D eigenvalue weighted by Crippen LogP contribution is 2.37. The van der Waals surface area contributed by atoms with Gasteiger partial charge in [-0.3, -0.25) is 9.10 Å². The average Bonchev–Trinajstić information content (AvgIpc) is 3.15. The number of hydrogen-bond donors (Lipinski definition) is 2. The van der Waals surface area contributed by atoms with Crippen molar-refractivity contribution in [1.29, 1.82) is 0 Å². The van der Waals surface area contributed by atoms with Crippen LogP contribution < -0.4 is 9.04 Å². The van der Waals surface area contributed by atoms with Crippen LogP contribution in [-0.4, -0.2) is 38.1 Å². The highest BCUT2D eigenvalue weighted by atomic mass is 79.9. The number of fused-ring (bicyclic) bond motifs is 1. The van der Waals surface area contributed by atoms with Gasteiger partial charge in [-0.1, -0.05) is 45.7 Å². The molecule has 0 aliphatic rings. The number of aromatic nitrogens is 1. The van der Waals surface area contributed by atoms with E-state index in [2.05, 4.69) is 31.1 Å². The van der Waals surface area contributed by atoms with Crippen LogP contribution in [0, 0.1) is 0 Å². The molecular formula is C23H18BrClN4O5S. The second kappa shape index (κ2) is 10.1. The zero-order chi connectivity index (χ0) is 25.2. The lowest BCUT2D eigenvalue weighted by Crippen LogP contribution is -2.35. The van der Waals surface area contributed by atoms with E-state index in [1.54, 1.807) is 36.4 Å². The second-order valence-corrected chi connectivity index (χ2v) is 10.5. The largest absolute Gasteiger partial charge is 0.495 e. The van der Waals surface area contributed by atoms with Gasteiger partial charge in [0.1, 0.15) is 12.3 Å². The van der Waals surface area contributed by atoms with E-state index in [9.17, 15) is 18.3 Å². The summed E-state index contributed by atoms with van der Waals surface area (Å²) >= 11 is 9.47. The number of halogens is 2. The zero-order valence-electron chi connectivity index (χ0n) is 18.1. The van der Waals surface area contributed by atoms with E-state index >= 15 is 0 Å². The summed E-state index contributed by atoms with van der Waals surface area (Å²) in [7, 11) is -2.83. The van der Waals surface area contributed by atoms with Gasteiger partial charge in [-0.15, -0.1) is 10.2 Å². The number of hydrogen-bond acceptors (Lipinski definition) is 6. The van der Waals surface area contributed by atoms with Crippen LogP contribution >= 0.6 is 27.5 Å². The van der Waals surface area contributed by atoms with Crippen LogP contribution in [0.1, 0.15) is 0 Å². The van der Waals surface area contributed by atoms with Crippen LogP contribution in [0.3, 0.4) is 0 Å². The molecule has 12 heteroatoms. The fourth-order valence-corrected chi connectivity index (χ4v) is 5.34. The average molecular weight is 578 g/mol. The minimum atomic E-state index is -4.21. The Bertz CT molecular complexity index is 1540. The molecule has 9 nitrogen and oxygen atoms in total. The van der Waals surface area contributed by atoms with Crippen molar-refractivity contribution in [2.45, 2.75) is 4.90 Å². The van der Waals surface area contributed by atoms with E-state index < -0.39 is 22.5 Å². The number of nitrogens with zero attached hydrogens (tertiary/aromatic N) is 3. The molecule has 1 heterocycles. The molecule has 180 valence electrons. The van der Waals surface area contributed by atoms with Crippen LogP contribution in [-0.2, 0) is 14.8 Å². The number of anilines is 1. The minimum Gasteiger partial charge on any atom is -0.495 e. The number of nitrogens with one attached hydrogen (secondary N) is 1. The van der Waals surface area contributed by atoms with Crippen molar-refractivity contribution >= 4 is 65.7 Å². The number of aromatic hydroxyl groups is 1. The smallest absolute Gasteiger partial charge is 0.285 e. The third kappa shape index (κ3) is 5.16. The van der Waals surface area contributed by atoms with Gasteiger partial charge in [0.05, 0.1) is 23.2 Å². The highest BCUT2D eigenvalue weighted by molar-refractivity contribution is 9.10. The van der Waals surface area contributed by atoms with Crippen molar-refractivity contribution in [2.75, 3.05) is 18.0 Å². The molecule has 1 amide bonds. The molecule has 35 heavy (non-hydrogen) atoms. The van der Waals surface area contributed by atoms with Crippen LogP contribution in [0.25, 0.3) is 10.9 Å². The van der Waals surface area contributed by atoms with E-state index in [0.29, 0.717) is 10.9 Å². The lowest BCUT2D eigenvalue weighted by atomic mass is 10.2. The van der Waals surface area contributed by atoms with Crippen LogP contribution in [0.15, 0.2) is 86.3 Å². The number of azo groups is 1. The predicted octanol–water partition coefficient (Wildman–Crippen LogP) is 5.80. The Hall–Kier alpha value is -3.41. The molecule has 2 N–H and O–H groups in total. The van der Waals surface area contributed by atoms with Gasteiger partial charge in [0.2, 0.25) is 5.88 Å². The Balaban J connectivity index is 1.73. The topological polar surface area (TPSA) is 124 Å². The van der Waals surface area contributed by atoms with Crippen molar-refractivity contribution in [2.24, 2.45) is 10.2 Å². The standard InChI is InChI=1S/C23H18BrClN4O5S/c1-34-20-10-8-15(25)12-19(20)29(35(32,33)16-5-3-2-4-6-16)13-21(30)27-28-22-17-11-14(24)7-9-18(17)26-23(22)31/h2-12,26,31H,13H2,1H3. The Kier molecular flexibility index (Phi) is 7.10. The molecule has 3 aromatic carbocycles. The van der Waals surface area contributed by atoms with E-state index in [1.807, 2.05) is 0 Å². The minimum absolute atomic E-state index is 0.0362. The maximum absolute atomic E-state index is 13.5. The predicted molar refractivity (Wildman–Crippen MR) is 136 cm³/mol. The summed E-state index contributed by atoms with van der Waals surface area (Å²) in [5.74, 6) is -0.965. The number of rotatable bonds is 7. The van der Waals surface area contributed by atoms with E-state index in [-0.39, 0.29) is 32.9 Å². The lowest BCUT2D eigenvalue weighted by molar-refractivity contribution is -0.116. The monoisotopic (exact) mass is 576 g/mol. The number of carbonyl (C=O) groups is 1. The first kappa shape index (κ1) is 24.7. The van der Waals surface area contributed by atoms with Crippen molar-refractivity contribution in [3.05, 3.63) is 76.2 Å². The maximum atomic E-state index is 13.5. The van der Waals surface area contributed by atoms with Gasteiger partial charge >= 0.3 is 0 Å². The first-order valence-corrected chi connectivity index (χ1v) is 12.7. The van der Waals surface area contributed by atoms with Crippen molar-refractivity contribution in [3.8, 4) is 11.6 Å². The van der Waals surface area contributed by atoms with Crippen LogP contribution in [0.5, 0.6) is 11.6 Å². The maximum Gasteiger partial charge on any atom is 0.285 e. The molecule has 0 fully saturated rings. The number of H-pyrrole nitrogens is 1. The SMILES string of the molecule is COc1ccc(Cl)cc1N(CC(=O)N=Nc1c(O)[nH]c2ccc(Br)cc12)S(=O)(=O)c1ccccc1. The summed E-state index contributed by atoms with van der Waals surface area (Å²) in [5.41, 5.74) is 0.697. The third-order valence-electron chi connectivity index (χ3n) is 5.00. The van der Waals surface area contributed by atoms with Gasteiger partial charge in [-0.05, 0) is 48.5 Å². The molecule has 0 saturated heterocycles. The number of amides is 1. The molecule has 0 radical (unpaired) electrons. The van der Waals surface area contributed by atoms with E-state index in [4.69, 9.17) is 16.3 Å². The molecule has 0 unspecified atom stereocenters. The molecular weight excluding hydrogens is 560 g/mol.